The molecule has 0 aromatic carbocycles. The number of fused-ring (bicyclic) bond motifs is 1. The topological polar surface area (TPSA) is 49.0 Å². The number of hydrogen-bond donors (Lipinski definition) is 1. The van der Waals surface area contributed by atoms with Crippen LogP contribution in [0.1, 0.15) is 11.3 Å². The van der Waals surface area contributed by atoms with Crippen molar-refractivity contribution in [1.82, 2.24) is 15.1 Å². The van der Waals surface area contributed by atoms with E-state index in [-0.39, 0.29) is 5.91 Å². The molecule has 0 spiro atoms. The summed E-state index contributed by atoms with van der Waals surface area (Å²) in [5.41, 5.74) is 2.18. The van der Waals surface area contributed by atoms with Gasteiger partial charge >= 0.3 is 0 Å². The van der Waals surface area contributed by atoms with Crippen molar-refractivity contribution in [3.8, 4) is 12.3 Å². The van der Waals surface area contributed by atoms with Crippen LogP contribution >= 0.6 is 0 Å². The Balaban J connectivity index is 2.18. The van der Waals surface area contributed by atoms with Crippen molar-refractivity contribution >= 4 is 5.91 Å². The second-order valence-electron chi connectivity index (χ2n) is 2.99. The number of nitrogens with zero attached hydrogens (tertiary/aromatic N) is 2. The van der Waals surface area contributed by atoms with E-state index in [1.807, 2.05) is 0 Å². The largest absolute Gasteiger partial charge is 0.327 e. The Labute approximate surface area is 75.9 Å². The summed E-state index contributed by atoms with van der Waals surface area (Å²) < 4.78 is 0. The minimum atomic E-state index is -0.244. The molecule has 0 fully saturated rings. The lowest BCUT2D eigenvalue weighted by atomic mass is 10.1. The van der Waals surface area contributed by atoms with Gasteiger partial charge in [-0.25, -0.2) is 0 Å². The lowest BCUT2D eigenvalue weighted by molar-refractivity contribution is -0.125. The van der Waals surface area contributed by atoms with Crippen LogP contribution in [0, 0.1) is 12.3 Å². The predicted octanol–water partition coefficient (Wildman–Crippen LogP) is -0.0724. The van der Waals surface area contributed by atoms with Crippen LogP contribution in [0.2, 0.25) is 0 Å². The number of nitrogens with one attached hydrogen (secondary N) is 1. The van der Waals surface area contributed by atoms with Gasteiger partial charge in [0, 0.05) is 30.8 Å². The molecule has 13 heavy (non-hydrogen) atoms. The molecule has 4 heteroatoms. The third-order valence-corrected chi connectivity index (χ3v) is 2.21. The molecule has 0 bridgehead atoms. The summed E-state index contributed by atoms with van der Waals surface area (Å²) >= 11 is 0. The van der Waals surface area contributed by atoms with Gasteiger partial charge in [-0.15, -0.1) is 6.42 Å². The monoisotopic (exact) mass is 175 g/mol. The Hall–Kier alpha value is -1.76. The molecular formula is C9H9N3O. The maximum absolute atomic E-state index is 11.2. The number of aromatic amines is 1. The van der Waals surface area contributed by atoms with E-state index >= 15 is 0 Å². The second kappa shape index (κ2) is 2.94. The molecule has 0 saturated carbocycles. The van der Waals surface area contributed by atoms with Crippen LogP contribution < -0.4 is 0 Å². The summed E-state index contributed by atoms with van der Waals surface area (Å²) in [4.78, 5) is 12.8. The Morgan fingerprint density at radius 1 is 1.77 bits per heavy atom. The Bertz CT molecular complexity index is 374. The molecule has 1 amide bonds. The van der Waals surface area contributed by atoms with Gasteiger partial charge in [-0.1, -0.05) is 0 Å². The number of carbonyl (C=O) groups excluding carboxylic acids is 1. The molecule has 2 heterocycles. The zero-order chi connectivity index (χ0) is 9.26. The molecule has 1 aliphatic rings. The molecule has 0 radical (unpaired) electrons. The van der Waals surface area contributed by atoms with Gasteiger partial charge in [-0.3, -0.25) is 9.89 Å². The van der Waals surface area contributed by atoms with Crippen LogP contribution in [-0.4, -0.2) is 27.5 Å². The second-order valence-corrected chi connectivity index (χ2v) is 2.99. The Morgan fingerprint density at radius 3 is 3.38 bits per heavy atom. The minimum absolute atomic E-state index is 0.244. The summed E-state index contributed by atoms with van der Waals surface area (Å²) in [6.45, 7) is 1.26. The molecule has 1 aromatic heterocycles. The van der Waals surface area contributed by atoms with Crippen molar-refractivity contribution in [3.05, 3.63) is 17.5 Å². The van der Waals surface area contributed by atoms with E-state index in [0.29, 0.717) is 13.1 Å². The molecule has 1 N–H and O–H groups in total. The van der Waals surface area contributed by atoms with E-state index < -0.39 is 0 Å². The number of hydrogen-bond acceptors (Lipinski definition) is 2. The van der Waals surface area contributed by atoms with Crippen LogP contribution in [0.25, 0.3) is 0 Å². The van der Waals surface area contributed by atoms with Crippen molar-refractivity contribution in [2.24, 2.45) is 0 Å². The third kappa shape index (κ3) is 1.29. The van der Waals surface area contributed by atoms with Crippen molar-refractivity contribution in [3.63, 3.8) is 0 Å². The molecule has 4 nitrogen and oxygen atoms in total. The molecule has 0 atom stereocenters. The highest BCUT2D eigenvalue weighted by atomic mass is 16.2. The van der Waals surface area contributed by atoms with Crippen LogP contribution in [0.15, 0.2) is 6.20 Å². The first-order valence-electron chi connectivity index (χ1n) is 4.08. The molecule has 1 aliphatic heterocycles. The number of amides is 1. The van der Waals surface area contributed by atoms with Gasteiger partial charge in [0.05, 0.1) is 6.20 Å². The van der Waals surface area contributed by atoms with E-state index in [0.717, 1.165) is 17.7 Å². The predicted molar refractivity (Wildman–Crippen MR) is 46.5 cm³/mol. The summed E-state index contributed by atoms with van der Waals surface area (Å²) in [7, 11) is 0. The van der Waals surface area contributed by atoms with Crippen molar-refractivity contribution < 1.29 is 4.79 Å². The van der Waals surface area contributed by atoms with Gasteiger partial charge in [0.1, 0.15) is 0 Å². The lowest BCUT2D eigenvalue weighted by Gasteiger charge is -2.24. The van der Waals surface area contributed by atoms with E-state index in [9.17, 15) is 4.79 Å². The SMILES string of the molecule is C#CC(=O)N1CCc2[nH]ncc2C1. The number of carbonyl (C=O) groups is 1. The first kappa shape index (κ1) is 7.87. The van der Waals surface area contributed by atoms with Gasteiger partial charge in [0.25, 0.3) is 5.91 Å². The van der Waals surface area contributed by atoms with Crippen LogP contribution in [0.5, 0.6) is 0 Å². The van der Waals surface area contributed by atoms with Gasteiger partial charge in [0.2, 0.25) is 0 Å². The fourth-order valence-corrected chi connectivity index (χ4v) is 1.49. The van der Waals surface area contributed by atoms with Gasteiger partial charge in [-0.05, 0) is 5.92 Å². The van der Waals surface area contributed by atoms with Crippen molar-refractivity contribution in [2.75, 3.05) is 6.54 Å². The minimum Gasteiger partial charge on any atom is -0.327 e. The highest BCUT2D eigenvalue weighted by Gasteiger charge is 2.20. The number of terminal acetylenes is 1. The Morgan fingerprint density at radius 2 is 2.62 bits per heavy atom. The normalized spacial score (nSPS) is 14.8. The van der Waals surface area contributed by atoms with Gasteiger partial charge in [-0.2, -0.15) is 5.10 Å². The lowest BCUT2D eigenvalue weighted by Crippen LogP contribution is -2.34. The van der Waals surface area contributed by atoms with Crippen LogP contribution in [-0.2, 0) is 17.8 Å². The number of rotatable bonds is 0. The van der Waals surface area contributed by atoms with E-state index in [4.69, 9.17) is 6.42 Å². The smallest absolute Gasteiger partial charge is 0.298 e. The van der Waals surface area contributed by atoms with E-state index in [1.54, 1.807) is 11.1 Å². The maximum atomic E-state index is 11.2. The van der Waals surface area contributed by atoms with E-state index in [2.05, 4.69) is 16.1 Å². The average Bonchev–Trinajstić information content (AvgIpc) is 2.63. The summed E-state index contributed by atoms with van der Waals surface area (Å²) in [6.07, 6.45) is 7.58. The van der Waals surface area contributed by atoms with Crippen LogP contribution in [0.3, 0.4) is 0 Å². The van der Waals surface area contributed by atoms with Gasteiger partial charge < -0.3 is 4.90 Å². The van der Waals surface area contributed by atoms with Crippen molar-refractivity contribution in [1.29, 1.82) is 0 Å². The molecule has 0 saturated heterocycles. The highest BCUT2D eigenvalue weighted by molar-refractivity contribution is 5.92. The zero-order valence-electron chi connectivity index (χ0n) is 7.08. The van der Waals surface area contributed by atoms with Crippen molar-refractivity contribution in [2.45, 2.75) is 13.0 Å². The van der Waals surface area contributed by atoms with Gasteiger partial charge in [0.15, 0.2) is 0 Å². The number of aromatic nitrogens is 2. The highest BCUT2D eigenvalue weighted by Crippen LogP contribution is 2.15. The third-order valence-electron chi connectivity index (χ3n) is 2.21. The van der Waals surface area contributed by atoms with E-state index in [1.165, 1.54) is 0 Å². The maximum Gasteiger partial charge on any atom is 0.298 e. The van der Waals surface area contributed by atoms with Crippen LogP contribution in [0.4, 0.5) is 0 Å². The average molecular weight is 175 g/mol. The standard InChI is InChI=1S/C9H9N3O/c1-2-9(13)12-4-3-8-7(6-12)5-10-11-8/h1,5H,3-4,6H2,(H,10,11). The first-order valence-corrected chi connectivity index (χ1v) is 4.08. The molecular weight excluding hydrogens is 166 g/mol. The fourth-order valence-electron chi connectivity index (χ4n) is 1.49. The first-order chi connectivity index (χ1) is 6.31. The number of H-pyrrole nitrogens is 1. The molecule has 2 rings (SSSR count). The molecule has 66 valence electrons. The summed E-state index contributed by atoms with van der Waals surface area (Å²) in [6, 6.07) is 0. The molecule has 1 aromatic rings. The summed E-state index contributed by atoms with van der Waals surface area (Å²) in [5.74, 6) is 1.87. The Kier molecular flexibility index (Phi) is 1.78. The molecule has 0 aliphatic carbocycles. The zero-order valence-corrected chi connectivity index (χ0v) is 7.08. The summed E-state index contributed by atoms with van der Waals surface area (Å²) in [5, 5.41) is 6.80. The molecule has 0 unspecified atom stereocenters. The quantitative estimate of drug-likeness (QED) is 0.561. The fraction of sp³-hybridized carbons (Fsp3) is 0.333.